The molecule has 0 amide bonds. The van der Waals surface area contributed by atoms with Gasteiger partial charge in [-0.05, 0) is 17.5 Å². The topological polar surface area (TPSA) is 9.23 Å². The highest BCUT2D eigenvalue weighted by atomic mass is 19.2. The zero-order chi connectivity index (χ0) is 14.9. The first kappa shape index (κ1) is 14.4. The summed E-state index contributed by atoms with van der Waals surface area (Å²) in [5.74, 6) is -4.92. The van der Waals surface area contributed by atoms with Gasteiger partial charge in [-0.25, -0.2) is 17.6 Å². The van der Waals surface area contributed by atoms with Crippen molar-refractivity contribution in [2.45, 2.75) is 19.8 Å². The Labute approximate surface area is 113 Å². The van der Waals surface area contributed by atoms with Gasteiger partial charge in [0.15, 0.2) is 17.5 Å². The van der Waals surface area contributed by atoms with E-state index in [-0.39, 0.29) is 17.4 Å². The molecule has 0 aliphatic carbocycles. The van der Waals surface area contributed by atoms with Gasteiger partial charge in [0.25, 0.3) is 0 Å². The Bertz CT molecular complexity index is 615. The highest BCUT2D eigenvalue weighted by molar-refractivity contribution is 5.35. The molecule has 0 saturated carbocycles. The van der Waals surface area contributed by atoms with Crippen molar-refractivity contribution in [2.24, 2.45) is 0 Å². The van der Waals surface area contributed by atoms with E-state index in [1.807, 2.05) is 13.8 Å². The van der Waals surface area contributed by atoms with Crippen LogP contribution in [0, 0.1) is 23.3 Å². The molecule has 0 heterocycles. The van der Waals surface area contributed by atoms with Crippen LogP contribution in [0.3, 0.4) is 0 Å². The van der Waals surface area contributed by atoms with Crippen LogP contribution in [0.2, 0.25) is 0 Å². The molecule has 2 aromatic carbocycles. The number of rotatable bonds is 3. The summed E-state index contributed by atoms with van der Waals surface area (Å²) in [7, 11) is 0. The third kappa shape index (κ3) is 2.92. The molecule has 0 aliphatic rings. The summed E-state index contributed by atoms with van der Waals surface area (Å²) in [4.78, 5) is 0. The Morgan fingerprint density at radius 2 is 1.35 bits per heavy atom. The van der Waals surface area contributed by atoms with E-state index in [0.717, 1.165) is 6.07 Å². The van der Waals surface area contributed by atoms with Crippen LogP contribution < -0.4 is 4.74 Å². The van der Waals surface area contributed by atoms with Crippen LogP contribution in [0.5, 0.6) is 11.5 Å². The molecule has 2 aromatic rings. The van der Waals surface area contributed by atoms with Crippen molar-refractivity contribution in [1.29, 1.82) is 0 Å². The van der Waals surface area contributed by atoms with Gasteiger partial charge in [0.05, 0.1) is 0 Å². The molecule has 2 rings (SSSR count). The molecule has 5 heteroatoms. The zero-order valence-electron chi connectivity index (χ0n) is 10.9. The molecule has 106 valence electrons. The van der Waals surface area contributed by atoms with Crippen LogP contribution in [-0.2, 0) is 0 Å². The first-order chi connectivity index (χ1) is 9.38. The molecule has 0 unspecified atom stereocenters. The predicted molar refractivity (Wildman–Crippen MR) is 66.9 cm³/mol. The lowest BCUT2D eigenvalue weighted by Crippen LogP contribution is -1.96. The van der Waals surface area contributed by atoms with Crippen LogP contribution in [0.4, 0.5) is 17.6 Å². The Kier molecular flexibility index (Phi) is 3.97. The van der Waals surface area contributed by atoms with Gasteiger partial charge in [-0.2, -0.15) is 0 Å². The minimum Gasteiger partial charge on any atom is -0.457 e. The number of ether oxygens (including phenoxy) is 1. The summed E-state index contributed by atoms with van der Waals surface area (Å²) in [6.07, 6.45) is 0. The summed E-state index contributed by atoms with van der Waals surface area (Å²) < 4.78 is 57.7. The molecular formula is C15H12F4O. The second kappa shape index (κ2) is 5.53. The largest absolute Gasteiger partial charge is 0.457 e. The smallest absolute Gasteiger partial charge is 0.194 e. The highest BCUT2D eigenvalue weighted by Gasteiger charge is 2.13. The second-order valence-corrected chi connectivity index (χ2v) is 4.64. The Balaban J connectivity index is 2.29. The fourth-order valence-corrected chi connectivity index (χ4v) is 1.77. The molecule has 0 N–H and O–H groups in total. The lowest BCUT2D eigenvalue weighted by atomic mass is 10.0. The molecule has 20 heavy (non-hydrogen) atoms. The van der Waals surface area contributed by atoms with Gasteiger partial charge in [-0.15, -0.1) is 0 Å². The van der Waals surface area contributed by atoms with Gasteiger partial charge >= 0.3 is 0 Å². The summed E-state index contributed by atoms with van der Waals surface area (Å²) in [6.45, 7) is 3.67. The molecule has 0 aromatic heterocycles. The number of hydrogen-bond donors (Lipinski definition) is 0. The Morgan fingerprint density at radius 3 is 1.85 bits per heavy atom. The van der Waals surface area contributed by atoms with E-state index in [4.69, 9.17) is 4.74 Å². The Morgan fingerprint density at radius 1 is 0.800 bits per heavy atom. The predicted octanol–water partition coefficient (Wildman–Crippen LogP) is 5.16. The van der Waals surface area contributed by atoms with E-state index in [0.29, 0.717) is 17.7 Å². The van der Waals surface area contributed by atoms with Crippen molar-refractivity contribution in [3.8, 4) is 11.5 Å². The quantitative estimate of drug-likeness (QED) is 0.559. The number of benzene rings is 2. The third-order valence-corrected chi connectivity index (χ3v) is 2.79. The van der Waals surface area contributed by atoms with Crippen molar-refractivity contribution in [2.75, 3.05) is 0 Å². The normalized spacial score (nSPS) is 10.9. The molecule has 1 nitrogen and oxygen atoms in total. The van der Waals surface area contributed by atoms with E-state index >= 15 is 0 Å². The molecule has 0 spiro atoms. The minimum absolute atomic E-state index is 0.00441. The molecule has 0 fully saturated rings. The van der Waals surface area contributed by atoms with Gasteiger partial charge in [-0.3, -0.25) is 0 Å². The summed E-state index contributed by atoms with van der Waals surface area (Å²) in [5.41, 5.74) is 0.508. The van der Waals surface area contributed by atoms with Crippen LogP contribution in [0.1, 0.15) is 25.3 Å². The lowest BCUT2D eigenvalue weighted by molar-refractivity contribution is 0.422. The first-order valence-corrected chi connectivity index (χ1v) is 6.00. The van der Waals surface area contributed by atoms with Crippen molar-refractivity contribution >= 4 is 0 Å². The van der Waals surface area contributed by atoms with Crippen LogP contribution in [0.15, 0.2) is 30.3 Å². The zero-order valence-corrected chi connectivity index (χ0v) is 10.9. The minimum atomic E-state index is -1.57. The van der Waals surface area contributed by atoms with Gasteiger partial charge in [-0.1, -0.05) is 19.9 Å². The van der Waals surface area contributed by atoms with Crippen molar-refractivity contribution in [3.05, 3.63) is 59.2 Å². The SMILES string of the molecule is CC(C)c1ccc(Oc2cc(F)c(F)c(F)c2)cc1F. The van der Waals surface area contributed by atoms with Crippen molar-refractivity contribution in [3.63, 3.8) is 0 Å². The van der Waals surface area contributed by atoms with Crippen LogP contribution in [0.25, 0.3) is 0 Å². The van der Waals surface area contributed by atoms with Crippen LogP contribution >= 0.6 is 0 Å². The summed E-state index contributed by atoms with van der Waals surface area (Å²) in [5, 5.41) is 0. The monoisotopic (exact) mass is 284 g/mol. The molecule has 0 saturated heterocycles. The molecule has 0 atom stereocenters. The van der Waals surface area contributed by atoms with Gasteiger partial charge in [0.2, 0.25) is 0 Å². The molecule has 0 bridgehead atoms. The third-order valence-electron chi connectivity index (χ3n) is 2.79. The maximum absolute atomic E-state index is 13.7. The second-order valence-electron chi connectivity index (χ2n) is 4.64. The van der Waals surface area contributed by atoms with E-state index < -0.39 is 23.3 Å². The summed E-state index contributed by atoms with van der Waals surface area (Å²) in [6, 6.07) is 5.54. The molecule has 0 radical (unpaired) electrons. The van der Waals surface area contributed by atoms with Crippen molar-refractivity contribution in [1.82, 2.24) is 0 Å². The summed E-state index contributed by atoms with van der Waals surface area (Å²) >= 11 is 0. The lowest BCUT2D eigenvalue weighted by Gasteiger charge is -2.10. The Hall–Kier alpha value is -2.04. The maximum atomic E-state index is 13.7. The fraction of sp³-hybridized carbons (Fsp3) is 0.200. The highest BCUT2D eigenvalue weighted by Crippen LogP contribution is 2.28. The van der Waals surface area contributed by atoms with Gasteiger partial charge in [0.1, 0.15) is 17.3 Å². The average molecular weight is 284 g/mol. The number of halogens is 4. The first-order valence-electron chi connectivity index (χ1n) is 6.00. The number of hydrogen-bond acceptors (Lipinski definition) is 1. The fourth-order valence-electron chi connectivity index (χ4n) is 1.77. The average Bonchev–Trinajstić information content (AvgIpc) is 2.35. The van der Waals surface area contributed by atoms with E-state index in [1.54, 1.807) is 0 Å². The van der Waals surface area contributed by atoms with E-state index in [2.05, 4.69) is 0 Å². The molecule has 0 aliphatic heterocycles. The van der Waals surface area contributed by atoms with E-state index in [1.165, 1.54) is 12.1 Å². The van der Waals surface area contributed by atoms with Crippen LogP contribution in [-0.4, -0.2) is 0 Å². The maximum Gasteiger partial charge on any atom is 0.194 e. The van der Waals surface area contributed by atoms with Crippen molar-refractivity contribution < 1.29 is 22.3 Å². The van der Waals surface area contributed by atoms with E-state index in [9.17, 15) is 17.6 Å². The van der Waals surface area contributed by atoms with Gasteiger partial charge in [0, 0.05) is 18.2 Å². The standard InChI is InChI=1S/C15H12F4O/c1-8(2)11-4-3-9(5-12(11)16)20-10-6-13(17)15(19)14(18)7-10/h3-8H,1-2H3. The molecular weight excluding hydrogens is 272 g/mol. The van der Waals surface area contributed by atoms with Gasteiger partial charge < -0.3 is 4.74 Å².